The summed E-state index contributed by atoms with van der Waals surface area (Å²) in [5, 5.41) is 6.78. The van der Waals surface area contributed by atoms with Crippen molar-refractivity contribution in [3.05, 3.63) is 28.7 Å². The van der Waals surface area contributed by atoms with Gasteiger partial charge < -0.3 is 15.1 Å². The first-order valence-electron chi connectivity index (χ1n) is 6.31. The summed E-state index contributed by atoms with van der Waals surface area (Å²) in [6.45, 7) is 1.85. The van der Waals surface area contributed by atoms with E-state index >= 15 is 0 Å². The molecule has 1 aliphatic rings. The molecule has 96 valence electrons. The zero-order chi connectivity index (χ0) is 12.5. The molecule has 0 atom stereocenters. The highest BCUT2D eigenvalue weighted by Gasteiger charge is 2.19. The molecule has 1 aromatic carbocycles. The van der Waals surface area contributed by atoms with Gasteiger partial charge in [-0.1, -0.05) is 0 Å². The minimum Gasteiger partial charge on any atom is -0.408 e. The van der Waals surface area contributed by atoms with Crippen molar-refractivity contribution in [2.45, 2.75) is 18.9 Å². The largest absolute Gasteiger partial charge is 0.419 e. The summed E-state index contributed by atoms with van der Waals surface area (Å²) >= 11 is 0. The van der Waals surface area contributed by atoms with Crippen LogP contribution in [0.4, 0.5) is 5.69 Å². The molecular weight excluding hydrogens is 230 g/mol. The molecule has 0 bridgehead atoms. The van der Waals surface area contributed by atoms with Crippen molar-refractivity contribution in [3.8, 4) is 0 Å². The monoisotopic (exact) mass is 247 g/mol. The average Bonchev–Trinajstić information content (AvgIpc) is 3.14. The number of aromatic nitrogens is 1. The Labute approximate surface area is 105 Å². The lowest BCUT2D eigenvalue weighted by molar-refractivity contribution is 0.528. The quantitative estimate of drug-likeness (QED) is 0.782. The molecule has 5 nitrogen and oxygen atoms in total. The number of nitrogens with one attached hydrogen (secondary N) is 2. The van der Waals surface area contributed by atoms with Crippen LogP contribution >= 0.6 is 0 Å². The van der Waals surface area contributed by atoms with Crippen molar-refractivity contribution in [2.24, 2.45) is 7.05 Å². The molecule has 0 radical (unpaired) electrons. The van der Waals surface area contributed by atoms with Gasteiger partial charge in [-0.05, 0) is 31.0 Å². The number of hydrogen-bond acceptors (Lipinski definition) is 4. The van der Waals surface area contributed by atoms with Crippen molar-refractivity contribution >= 4 is 16.8 Å². The molecular formula is C13H17N3O2. The SMILES string of the molecule is Cn1c(=O)oc2ccc(NCCNC3CC3)cc21. The van der Waals surface area contributed by atoms with E-state index < -0.39 is 0 Å². The molecule has 1 heterocycles. The molecule has 2 aromatic rings. The molecule has 18 heavy (non-hydrogen) atoms. The lowest BCUT2D eigenvalue weighted by atomic mass is 10.3. The number of oxazole rings is 1. The summed E-state index contributed by atoms with van der Waals surface area (Å²) < 4.78 is 6.60. The topological polar surface area (TPSA) is 59.2 Å². The van der Waals surface area contributed by atoms with Crippen LogP contribution in [0.3, 0.4) is 0 Å². The van der Waals surface area contributed by atoms with Gasteiger partial charge in [0, 0.05) is 31.9 Å². The van der Waals surface area contributed by atoms with Crippen LogP contribution in [-0.2, 0) is 7.05 Å². The Kier molecular flexibility index (Phi) is 2.83. The minimum atomic E-state index is -0.322. The van der Waals surface area contributed by atoms with Gasteiger partial charge in [0.25, 0.3) is 0 Å². The van der Waals surface area contributed by atoms with E-state index in [9.17, 15) is 4.79 Å². The van der Waals surface area contributed by atoms with Crippen molar-refractivity contribution < 1.29 is 4.42 Å². The van der Waals surface area contributed by atoms with Crippen molar-refractivity contribution in [1.82, 2.24) is 9.88 Å². The van der Waals surface area contributed by atoms with Gasteiger partial charge >= 0.3 is 5.76 Å². The van der Waals surface area contributed by atoms with E-state index in [4.69, 9.17) is 4.42 Å². The van der Waals surface area contributed by atoms with Crippen LogP contribution in [0.2, 0.25) is 0 Å². The number of rotatable bonds is 5. The second-order valence-electron chi connectivity index (χ2n) is 4.76. The zero-order valence-electron chi connectivity index (χ0n) is 10.4. The van der Waals surface area contributed by atoms with E-state index in [2.05, 4.69) is 10.6 Å². The van der Waals surface area contributed by atoms with Gasteiger partial charge in [-0.3, -0.25) is 4.57 Å². The fraction of sp³-hybridized carbons (Fsp3) is 0.462. The van der Waals surface area contributed by atoms with Crippen LogP contribution in [0.5, 0.6) is 0 Å². The molecule has 1 saturated carbocycles. The lowest BCUT2D eigenvalue weighted by Gasteiger charge is -2.07. The number of fused-ring (bicyclic) bond motifs is 1. The molecule has 5 heteroatoms. The lowest BCUT2D eigenvalue weighted by Crippen LogP contribution is -2.23. The molecule has 1 fully saturated rings. The first kappa shape index (κ1) is 11.3. The third-order valence-corrected chi connectivity index (χ3v) is 3.26. The van der Waals surface area contributed by atoms with Crippen LogP contribution in [0.1, 0.15) is 12.8 Å². The predicted octanol–water partition coefficient (Wildman–Crippen LogP) is 1.30. The molecule has 0 saturated heterocycles. The molecule has 2 N–H and O–H groups in total. The Morgan fingerprint density at radius 2 is 2.22 bits per heavy atom. The van der Waals surface area contributed by atoms with E-state index in [-0.39, 0.29) is 5.76 Å². The summed E-state index contributed by atoms with van der Waals surface area (Å²) in [7, 11) is 1.71. The highest BCUT2D eigenvalue weighted by molar-refractivity contribution is 5.77. The highest BCUT2D eigenvalue weighted by atomic mass is 16.4. The van der Waals surface area contributed by atoms with Crippen molar-refractivity contribution in [3.63, 3.8) is 0 Å². The van der Waals surface area contributed by atoms with Gasteiger partial charge in [-0.2, -0.15) is 0 Å². The zero-order valence-corrected chi connectivity index (χ0v) is 10.4. The smallest absolute Gasteiger partial charge is 0.408 e. The first-order valence-corrected chi connectivity index (χ1v) is 6.31. The molecule has 0 aliphatic heterocycles. The van der Waals surface area contributed by atoms with Crippen LogP contribution in [-0.4, -0.2) is 23.7 Å². The summed E-state index contributed by atoms with van der Waals surface area (Å²) in [5.41, 5.74) is 2.46. The van der Waals surface area contributed by atoms with E-state index in [1.807, 2.05) is 18.2 Å². The van der Waals surface area contributed by atoms with E-state index in [1.54, 1.807) is 7.05 Å². The van der Waals surface area contributed by atoms with Crippen LogP contribution in [0.15, 0.2) is 27.4 Å². The third-order valence-electron chi connectivity index (χ3n) is 3.26. The minimum absolute atomic E-state index is 0.322. The Balaban J connectivity index is 1.67. The Bertz CT molecular complexity index is 610. The maximum atomic E-state index is 11.4. The molecule has 0 unspecified atom stereocenters. The van der Waals surface area contributed by atoms with Gasteiger partial charge in [0.2, 0.25) is 0 Å². The first-order chi connectivity index (χ1) is 8.74. The normalized spacial score (nSPS) is 15.2. The van der Waals surface area contributed by atoms with E-state index in [0.29, 0.717) is 5.58 Å². The summed E-state index contributed by atoms with van der Waals surface area (Å²) in [6.07, 6.45) is 2.62. The number of nitrogens with zero attached hydrogens (tertiary/aromatic N) is 1. The summed E-state index contributed by atoms with van der Waals surface area (Å²) in [4.78, 5) is 11.4. The molecule has 3 rings (SSSR count). The Morgan fingerprint density at radius 3 is 3.00 bits per heavy atom. The highest BCUT2D eigenvalue weighted by Crippen LogP contribution is 2.19. The average molecular weight is 247 g/mol. The molecule has 0 amide bonds. The fourth-order valence-corrected chi connectivity index (χ4v) is 2.01. The van der Waals surface area contributed by atoms with Crippen molar-refractivity contribution in [2.75, 3.05) is 18.4 Å². The molecule has 1 aromatic heterocycles. The van der Waals surface area contributed by atoms with Crippen LogP contribution in [0, 0.1) is 0 Å². The summed E-state index contributed by atoms with van der Waals surface area (Å²) in [6, 6.07) is 6.44. The maximum absolute atomic E-state index is 11.4. The molecule has 0 spiro atoms. The summed E-state index contributed by atoms with van der Waals surface area (Å²) in [5.74, 6) is -0.322. The predicted molar refractivity (Wildman–Crippen MR) is 71.0 cm³/mol. The van der Waals surface area contributed by atoms with Gasteiger partial charge in [0.05, 0.1) is 5.52 Å². The Hall–Kier alpha value is -1.75. The van der Waals surface area contributed by atoms with Gasteiger partial charge in [0.1, 0.15) is 0 Å². The third kappa shape index (κ3) is 2.26. The van der Waals surface area contributed by atoms with Crippen LogP contribution in [0.25, 0.3) is 11.1 Å². The number of anilines is 1. The number of hydrogen-bond donors (Lipinski definition) is 2. The van der Waals surface area contributed by atoms with E-state index in [1.165, 1.54) is 17.4 Å². The van der Waals surface area contributed by atoms with Gasteiger partial charge in [-0.15, -0.1) is 0 Å². The van der Waals surface area contributed by atoms with Crippen molar-refractivity contribution in [1.29, 1.82) is 0 Å². The number of aryl methyl sites for hydroxylation is 1. The second-order valence-corrected chi connectivity index (χ2v) is 4.76. The number of benzene rings is 1. The second kappa shape index (κ2) is 4.49. The van der Waals surface area contributed by atoms with E-state index in [0.717, 1.165) is 30.3 Å². The fourth-order valence-electron chi connectivity index (χ4n) is 2.01. The van der Waals surface area contributed by atoms with Crippen LogP contribution < -0.4 is 16.4 Å². The standard InChI is InChI=1S/C13H17N3O2/c1-16-11-8-10(4-5-12(11)18-13(16)17)15-7-6-14-9-2-3-9/h4-5,8-9,14-15H,2-3,6-7H2,1H3. The Morgan fingerprint density at radius 1 is 1.39 bits per heavy atom. The van der Waals surface area contributed by atoms with Gasteiger partial charge in [-0.25, -0.2) is 4.79 Å². The molecule has 1 aliphatic carbocycles. The van der Waals surface area contributed by atoms with Gasteiger partial charge in [0.15, 0.2) is 5.58 Å². The maximum Gasteiger partial charge on any atom is 0.419 e.